The third-order valence-electron chi connectivity index (χ3n) is 5.29. The fourth-order valence-electron chi connectivity index (χ4n) is 3.68. The normalized spacial score (nSPS) is 12.4. The van der Waals surface area contributed by atoms with Gasteiger partial charge in [0.15, 0.2) is 0 Å². The van der Waals surface area contributed by atoms with Crippen LogP contribution in [-0.4, -0.2) is 22.9 Å². The van der Waals surface area contributed by atoms with Gasteiger partial charge in [-0.3, -0.25) is 4.55 Å². The summed E-state index contributed by atoms with van der Waals surface area (Å²) in [6.45, 7) is 0. The summed E-state index contributed by atoms with van der Waals surface area (Å²) < 4.78 is 33.5. The van der Waals surface area contributed by atoms with Crippen LogP contribution in [0, 0.1) is 0 Å². The molecule has 0 saturated heterocycles. The van der Waals surface area contributed by atoms with Crippen molar-refractivity contribution >= 4 is 61.1 Å². The zero-order chi connectivity index (χ0) is 23.7. The highest BCUT2D eigenvalue weighted by molar-refractivity contribution is 7.86. The number of rotatable bonds is 5. The molecule has 1 heterocycles. The predicted octanol–water partition coefficient (Wildman–Crippen LogP) is 6.13. The molecule has 4 aromatic carbocycles. The Bertz CT molecular complexity index is 1670. The highest BCUT2D eigenvalue weighted by Crippen LogP contribution is 2.36. The minimum absolute atomic E-state index is 0.148. The SMILES string of the molecule is Nc1c(N=Nc2cccc(C=Cc3nc4ccccc4[nH]3)c2)cc(S(=O)(=O)O)c2ccccc12. The van der Waals surface area contributed by atoms with Gasteiger partial charge >= 0.3 is 0 Å². The van der Waals surface area contributed by atoms with Gasteiger partial charge in [0.2, 0.25) is 0 Å². The summed E-state index contributed by atoms with van der Waals surface area (Å²) in [6.07, 6.45) is 3.77. The van der Waals surface area contributed by atoms with Crippen molar-refractivity contribution in [2.24, 2.45) is 10.2 Å². The van der Waals surface area contributed by atoms with Crippen LogP contribution >= 0.6 is 0 Å². The molecule has 0 atom stereocenters. The van der Waals surface area contributed by atoms with Gasteiger partial charge in [-0.25, -0.2) is 4.98 Å². The molecular weight excluding hydrogens is 450 g/mol. The molecule has 0 aliphatic carbocycles. The van der Waals surface area contributed by atoms with E-state index in [0.717, 1.165) is 22.4 Å². The van der Waals surface area contributed by atoms with Gasteiger partial charge in [0.1, 0.15) is 16.4 Å². The number of azo groups is 1. The number of hydrogen-bond donors (Lipinski definition) is 3. The molecule has 0 fully saturated rings. The number of aromatic amines is 1. The molecule has 0 unspecified atom stereocenters. The number of nitrogens with one attached hydrogen (secondary N) is 1. The van der Waals surface area contributed by atoms with Crippen molar-refractivity contribution < 1.29 is 13.0 Å². The minimum atomic E-state index is -4.48. The standard InChI is InChI=1S/C25H19N5O3S/c26-25-19-9-2-1-8-18(19)23(34(31,32)33)15-22(25)30-29-17-7-5-6-16(14-17)12-13-24-27-20-10-3-4-11-21(20)28-24/h1-15H,26H2,(H,27,28)(H,31,32,33). The number of nitrogens with zero attached hydrogens (tertiary/aromatic N) is 3. The maximum atomic E-state index is 11.9. The Morgan fingerprint density at radius 1 is 0.882 bits per heavy atom. The number of aromatic nitrogens is 2. The number of para-hydroxylation sites is 2. The molecule has 0 saturated carbocycles. The second kappa shape index (κ2) is 8.54. The van der Waals surface area contributed by atoms with Crippen LogP contribution in [0.5, 0.6) is 0 Å². The van der Waals surface area contributed by atoms with Gasteiger partial charge in [-0.1, -0.05) is 54.6 Å². The van der Waals surface area contributed by atoms with Gasteiger partial charge in [-0.15, -0.1) is 5.11 Å². The molecule has 0 radical (unpaired) electrons. The second-order valence-electron chi connectivity index (χ2n) is 7.60. The first kappa shape index (κ1) is 21.5. The largest absolute Gasteiger partial charge is 0.396 e. The molecule has 168 valence electrons. The van der Waals surface area contributed by atoms with Crippen LogP contribution in [0.15, 0.2) is 94.0 Å². The summed E-state index contributed by atoms with van der Waals surface area (Å²) >= 11 is 0. The average Bonchev–Trinajstić information content (AvgIpc) is 3.25. The topological polar surface area (TPSA) is 134 Å². The van der Waals surface area contributed by atoms with Crippen LogP contribution in [0.2, 0.25) is 0 Å². The molecule has 0 bridgehead atoms. The van der Waals surface area contributed by atoms with E-state index in [9.17, 15) is 13.0 Å². The van der Waals surface area contributed by atoms with Gasteiger partial charge < -0.3 is 10.7 Å². The summed E-state index contributed by atoms with van der Waals surface area (Å²) in [5.74, 6) is 0.731. The van der Waals surface area contributed by atoms with Crippen LogP contribution in [0.1, 0.15) is 11.4 Å². The van der Waals surface area contributed by atoms with Crippen molar-refractivity contribution in [2.75, 3.05) is 5.73 Å². The Balaban J connectivity index is 1.46. The van der Waals surface area contributed by atoms with Crippen molar-refractivity contribution in [1.82, 2.24) is 9.97 Å². The maximum Gasteiger partial charge on any atom is 0.295 e. The van der Waals surface area contributed by atoms with E-state index in [1.54, 1.807) is 30.3 Å². The van der Waals surface area contributed by atoms with E-state index in [2.05, 4.69) is 20.2 Å². The zero-order valence-corrected chi connectivity index (χ0v) is 18.6. The highest BCUT2D eigenvalue weighted by atomic mass is 32.2. The van der Waals surface area contributed by atoms with Crippen molar-refractivity contribution in [3.8, 4) is 0 Å². The number of H-pyrrole nitrogens is 1. The molecule has 0 aliphatic heterocycles. The molecule has 9 heteroatoms. The van der Waals surface area contributed by atoms with Gasteiger partial charge in [0.25, 0.3) is 10.1 Å². The Morgan fingerprint density at radius 3 is 2.44 bits per heavy atom. The van der Waals surface area contributed by atoms with Crippen molar-refractivity contribution in [1.29, 1.82) is 0 Å². The molecule has 5 rings (SSSR count). The number of fused-ring (bicyclic) bond motifs is 2. The zero-order valence-electron chi connectivity index (χ0n) is 17.8. The van der Waals surface area contributed by atoms with Crippen LogP contribution in [-0.2, 0) is 10.1 Å². The fourth-order valence-corrected chi connectivity index (χ4v) is 4.39. The van der Waals surface area contributed by atoms with E-state index in [1.807, 2.05) is 54.6 Å². The van der Waals surface area contributed by atoms with E-state index in [0.29, 0.717) is 16.5 Å². The second-order valence-corrected chi connectivity index (χ2v) is 8.99. The number of anilines is 1. The molecule has 0 spiro atoms. The molecule has 4 N–H and O–H groups in total. The van der Waals surface area contributed by atoms with E-state index in [-0.39, 0.29) is 16.3 Å². The number of nitrogen functional groups attached to an aromatic ring is 1. The third-order valence-corrected chi connectivity index (χ3v) is 6.18. The first-order chi connectivity index (χ1) is 16.4. The van der Waals surface area contributed by atoms with Gasteiger partial charge in [-0.2, -0.15) is 13.5 Å². The lowest BCUT2D eigenvalue weighted by Gasteiger charge is -2.09. The monoisotopic (exact) mass is 469 g/mol. The summed E-state index contributed by atoms with van der Waals surface area (Å²) in [6, 6.07) is 23.0. The quantitative estimate of drug-likeness (QED) is 0.162. The smallest absolute Gasteiger partial charge is 0.295 e. The molecule has 34 heavy (non-hydrogen) atoms. The Hall–Kier alpha value is -4.34. The van der Waals surface area contributed by atoms with E-state index in [4.69, 9.17) is 5.73 Å². The lowest BCUT2D eigenvalue weighted by molar-refractivity contribution is 0.484. The third kappa shape index (κ3) is 4.29. The lowest BCUT2D eigenvalue weighted by atomic mass is 10.1. The average molecular weight is 470 g/mol. The van der Waals surface area contributed by atoms with Gasteiger partial charge in [-0.05, 0) is 42.0 Å². The van der Waals surface area contributed by atoms with Crippen LogP contribution < -0.4 is 5.73 Å². The molecule has 8 nitrogen and oxygen atoms in total. The van der Waals surface area contributed by atoms with E-state index in [1.165, 1.54) is 6.07 Å². The van der Waals surface area contributed by atoms with Crippen molar-refractivity contribution in [2.45, 2.75) is 4.90 Å². The Labute approximate surface area is 195 Å². The van der Waals surface area contributed by atoms with Crippen LogP contribution in [0.3, 0.4) is 0 Å². The molecule has 1 aromatic heterocycles. The molecule has 5 aromatic rings. The van der Waals surface area contributed by atoms with Crippen molar-refractivity contribution in [3.05, 3.63) is 90.3 Å². The number of benzene rings is 4. The minimum Gasteiger partial charge on any atom is -0.396 e. The summed E-state index contributed by atoms with van der Waals surface area (Å²) in [5.41, 5.74) is 9.91. The number of nitrogens with two attached hydrogens (primary N) is 1. The number of imidazole rings is 1. The molecule has 0 aliphatic rings. The Morgan fingerprint density at radius 2 is 1.65 bits per heavy atom. The molecule has 0 amide bonds. The predicted molar refractivity (Wildman–Crippen MR) is 134 cm³/mol. The first-order valence-electron chi connectivity index (χ1n) is 10.3. The van der Waals surface area contributed by atoms with Gasteiger partial charge in [0, 0.05) is 10.8 Å². The molecular formula is C25H19N5O3S. The number of hydrogen-bond acceptors (Lipinski definition) is 6. The van der Waals surface area contributed by atoms with E-state index < -0.39 is 10.1 Å². The highest BCUT2D eigenvalue weighted by Gasteiger charge is 2.18. The fraction of sp³-hybridized carbons (Fsp3) is 0. The van der Waals surface area contributed by atoms with Crippen LogP contribution in [0.25, 0.3) is 34.0 Å². The van der Waals surface area contributed by atoms with E-state index >= 15 is 0 Å². The lowest BCUT2D eigenvalue weighted by Crippen LogP contribution is -2.01. The van der Waals surface area contributed by atoms with Crippen molar-refractivity contribution in [3.63, 3.8) is 0 Å². The van der Waals surface area contributed by atoms with Gasteiger partial charge in [0.05, 0.1) is 22.4 Å². The van der Waals surface area contributed by atoms with Crippen LogP contribution in [0.4, 0.5) is 17.1 Å². The Kier molecular flexibility index (Phi) is 5.40. The maximum absolute atomic E-state index is 11.9. The first-order valence-corrected chi connectivity index (χ1v) is 11.8. The summed E-state index contributed by atoms with van der Waals surface area (Å²) in [5, 5.41) is 9.18. The summed E-state index contributed by atoms with van der Waals surface area (Å²) in [4.78, 5) is 7.49. The summed E-state index contributed by atoms with van der Waals surface area (Å²) in [7, 11) is -4.48.